The maximum absolute atomic E-state index is 11.8. The Morgan fingerprint density at radius 3 is 2.74 bits per heavy atom. The molecule has 19 heavy (non-hydrogen) atoms. The first kappa shape index (κ1) is 14.8. The standard InChI is InChI=1S/C14H17NO4/c1-10(2)6-7-15-14(18)11-4-3-5-12(8-11)19-9-13(16)17/h3-6,8H,7,9H2,1-2H3,(H,15,18)(H,16,17). The summed E-state index contributed by atoms with van der Waals surface area (Å²) in [5.41, 5.74) is 1.56. The maximum atomic E-state index is 11.8. The van der Waals surface area contributed by atoms with Gasteiger partial charge >= 0.3 is 5.97 Å². The van der Waals surface area contributed by atoms with E-state index < -0.39 is 12.6 Å². The van der Waals surface area contributed by atoms with E-state index in [4.69, 9.17) is 9.84 Å². The lowest BCUT2D eigenvalue weighted by molar-refractivity contribution is -0.139. The van der Waals surface area contributed by atoms with Gasteiger partial charge in [0.15, 0.2) is 6.61 Å². The van der Waals surface area contributed by atoms with Crippen molar-refractivity contribution in [1.29, 1.82) is 0 Å². The number of nitrogens with one attached hydrogen (secondary N) is 1. The van der Waals surface area contributed by atoms with Crippen LogP contribution in [0.4, 0.5) is 0 Å². The number of rotatable bonds is 6. The fraction of sp³-hybridized carbons (Fsp3) is 0.286. The van der Waals surface area contributed by atoms with E-state index in [9.17, 15) is 9.59 Å². The quantitative estimate of drug-likeness (QED) is 0.768. The lowest BCUT2D eigenvalue weighted by atomic mass is 10.2. The lowest BCUT2D eigenvalue weighted by Crippen LogP contribution is -2.23. The zero-order chi connectivity index (χ0) is 14.3. The minimum atomic E-state index is -1.06. The third kappa shape index (κ3) is 5.72. The van der Waals surface area contributed by atoms with E-state index in [0.717, 1.165) is 5.57 Å². The number of carboxylic acids is 1. The van der Waals surface area contributed by atoms with Gasteiger partial charge in [-0.1, -0.05) is 17.7 Å². The van der Waals surface area contributed by atoms with E-state index in [-0.39, 0.29) is 5.91 Å². The van der Waals surface area contributed by atoms with E-state index in [1.165, 1.54) is 6.07 Å². The molecule has 1 rings (SSSR count). The normalized spacial score (nSPS) is 9.58. The molecule has 0 radical (unpaired) electrons. The van der Waals surface area contributed by atoms with Gasteiger partial charge in [0.05, 0.1) is 0 Å². The Kier molecular flexibility index (Phi) is 5.60. The molecule has 0 fully saturated rings. The average molecular weight is 263 g/mol. The molecule has 0 aliphatic heterocycles. The first-order valence-electron chi connectivity index (χ1n) is 5.85. The van der Waals surface area contributed by atoms with E-state index in [2.05, 4.69) is 5.32 Å². The van der Waals surface area contributed by atoms with E-state index in [1.54, 1.807) is 18.2 Å². The van der Waals surface area contributed by atoms with Crippen molar-refractivity contribution >= 4 is 11.9 Å². The van der Waals surface area contributed by atoms with Crippen molar-refractivity contribution in [3.63, 3.8) is 0 Å². The highest BCUT2D eigenvalue weighted by molar-refractivity contribution is 5.94. The predicted molar refractivity (Wildman–Crippen MR) is 71.3 cm³/mol. The first-order chi connectivity index (χ1) is 8.99. The number of amides is 1. The zero-order valence-corrected chi connectivity index (χ0v) is 11.0. The Morgan fingerprint density at radius 2 is 2.11 bits per heavy atom. The van der Waals surface area contributed by atoms with E-state index in [1.807, 2.05) is 19.9 Å². The largest absolute Gasteiger partial charge is 0.482 e. The van der Waals surface area contributed by atoms with Crippen molar-refractivity contribution < 1.29 is 19.4 Å². The summed E-state index contributed by atoms with van der Waals surface area (Å²) in [5.74, 6) is -0.922. The van der Waals surface area contributed by atoms with E-state index in [0.29, 0.717) is 17.9 Å². The zero-order valence-electron chi connectivity index (χ0n) is 11.0. The number of allylic oxidation sites excluding steroid dienone is 1. The molecule has 0 spiro atoms. The van der Waals surface area contributed by atoms with Gasteiger partial charge in [0.1, 0.15) is 5.75 Å². The van der Waals surface area contributed by atoms with Crippen molar-refractivity contribution in [2.75, 3.05) is 13.2 Å². The van der Waals surface area contributed by atoms with Gasteiger partial charge in [-0.3, -0.25) is 4.79 Å². The molecule has 5 heteroatoms. The van der Waals surface area contributed by atoms with Gasteiger partial charge in [-0.15, -0.1) is 0 Å². The molecule has 0 saturated heterocycles. The minimum absolute atomic E-state index is 0.224. The molecule has 0 unspecified atom stereocenters. The highest BCUT2D eigenvalue weighted by Crippen LogP contribution is 2.13. The lowest BCUT2D eigenvalue weighted by Gasteiger charge is -2.06. The number of benzene rings is 1. The van der Waals surface area contributed by atoms with Gasteiger partial charge in [-0.05, 0) is 32.0 Å². The first-order valence-corrected chi connectivity index (χ1v) is 5.85. The summed E-state index contributed by atoms with van der Waals surface area (Å²) in [5, 5.41) is 11.2. The summed E-state index contributed by atoms with van der Waals surface area (Å²) in [6.07, 6.45) is 1.91. The van der Waals surface area contributed by atoms with Crippen LogP contribution in [0.2, 0.25) is 0 Å². The molecule has 0 heterocycles. The van der Waals surface area contributed by atoms with Crippen LogP contribution in [-0.4, -0.2) is 30.1 Å². The highest BCUT2D eigenvalue weighted by Gasteiger charge is 2.06. The number of carbonyl (C=O) groups excluding carboxylic acids is 1. The van der Waals surface area contributed by atoms with Crippen molar-refractivity contribution in [3.05, 3.63) is 41.5 Å². The van der Waals surface area contributed by atoms with Crippen LogP contribution in [0.1, 0.15) is 24.2 Å². The van der Waals surface area contributed by atoms with Crippen LogP contribution in [-0.2, 0) is 4.79 Å². The van der Waals surface area contributed by atoms with Gasteiger partial charge in [-0.25, -0.2) is 4.79 Å². The van der Waals surface area contributed by atoms with Crippen LogP contribution in [0.25, 0.3) is 0 Å². The monoisotopic (exact) mass is 263 g/mol. The van der Waals surface area contributed by atoms with Crippen LogP contribution in [0.3, 0.4) is 0 Å². The van der Waals surface area contributed by atoms with Gasteiger partial charge in [-0.2, -0.15) is 0 Å². The molecule has 1 aromatic rings. The summed E-state index contributed by atoms with van der Waals surface area (Å²) in [7, 11) is 0. The Morgan fingerprint density at radius 1 is 1.37 bits per heavy atom. The molecule has 5 nitrogen and oxygen atoms in total. The Balaban J connectivity index is 2.62. The van der Waals surface area contributed by atoms with Crippen molar-refractivity contribution in [2.45, 2.75) is 13.8 Å². The fourth-order valence-electron chi connectivity index (χ4n) is 1.32. The number of carbonyl (C=O) groups is 2. The second-order valence-electron chi connectivity index (χ2n) is 4.20. The Hall–Kier alpha value is -2.30. The Bertz CT molecular complexity index is 490. The van der Waals surface area contributed by atoms with Crippen LogP contribution in [0, 0.1) is 0 Å². The van der Waals surface area contributed by atoms with Gasteiger partial charge in [0, 0.05) is 12.1 Å². The summed E-state index contributed by atoms with van der Waals surface area (Å²) in [6, 6.07) is 6.41. The fourth-order valence-corrected chi connectivity index (χ4v) is 1.32. The van der Waals surface area contributed by atoms with Gasteiger partial charge < -0.3 is 15.2 Å². The number of hydrogen-bond donors (Lipinski definition) is 2. The second-order valence-corrected chi connectivity index (χ2v) is 4.20. The molecule has 1 amide bonds. The molecule has 0 bridgehead atoms. The second kappa shape index (κ2) is 7.20. The molecule has 0 atom stereocenters. The van der Waals surface area contributed by atoms with E-state index >= 15 is 0 Å². The van der Waals surface area contributed by atoms with Crippen LogP contribution < -0.4 is 10.1 Å². The van der Waals surface area contributed by atoms with Crippen LogP contribution in [0.5, 0.6) is 5.75 Å². The molecule has 2 N–H and O–H groups in total. The van der Waals surface area contributed by atoms with Crippen molar-refractivity contribution in [3.8, 4) is 5.75 Å². The topological polar surface area (TPSA) is 75.6 Å². The molecule has 0 aromatic heterocycles. The van der Waals surface area contributed by atoms with Crippen molar-refractivity contribution in [2.24, 2.45) is 0 Å². The summed E-state index contributed by atoms with van der Waals surface area (Å²) in [6.45, 7) is 3.93. The SMILES string of the molecule is CC(C)=CCNC(=O)c1cccc(OCC(=O)O)c1. The maximum Gasteiger partial charge on any atom is 0.341 e. The molecule has 0 aliphatic carbocycles. The average Bonchev–Trinajstić information content (AvgIpc) is 2.36. The Labute approximate surface area is 111 Å². The van der Waals surface area contributed by atoms with Gasteiger partial charge in [0.25, 0.3) is 5.91 Å². The number of aliphatic carboxylic acids is 1. The predicted octanol–water partition coefficient (Wildman–Crippen LogP) is 1.85. The molecular formula is C14H17NO4. The highest BCUT2D eigenvalue weighted by atomic mass is 16.5. The summed E-state index contributed by atoms with van der Waals surface area (Å²) in [4.78, 5) is 22.2. The third-order valence-corrected chi connectivity index (χ3v) is 2.23. The smallest absolute Gasteiger partial charge is 0.341 e. The summed E-state index contributed by atoms with van der Waals surface area (Å²) >= 11 is 0. The molecular weight excluding hydrogens is 246 g/mol. The van der Waals surface area contributed by atoms with Crippen molar-refractivity contribution in [1.82, 2.24) is 5.32 Å². The van der Waals surface area contributed by atoms with Crippen LogP contribution >= 0.6 is 0 Å². The number of hydrogen-bond acceptors (Lipinski definition) is 3. The number of ether oxygens (including phenoxy) is 1. The summed E-state index contributed by atoms with van der Waals surface area (Å²) < 4.78 is 5.01. The molecule has 0 aliphatic rings. The molecule has 1 aromatic carbocycles. The molecule has 102 valence electrons. The van der Waals surface area contributed by atoms with Crippen LogP contribution in [0.15, 0.2) is 35.9 Å². The van der Waals surface area contributed by atoms with Gasteiger partial charge in [0.2, 0.25) is 0 Å². The third-order valence-electron chi connectivity index (χ3n) is 2.23. The number of carboxylic acid groups (broad SMARTS) is 1. The minimum Gasteiger partial charge on any atom is -0.482 e. The molecule has 0 saturated carbocycles.